The van der Waals surface area contributed by atoms with Gasteiger partial charge in [-0.25, -0.2) is 0 Å². The first-order valence-electron chi connectivity index (χ1n) is 8.53. The Hall–Kier alpha value is -3.22. The Labute approximate surface area is 157 Å². The molecule has 0 aromatic heterocycles. The van der Waals surface area contributed by atoms with Crippen LogP contribution in [0.4, 0.5) is 11.4 Å². The molecule has 1 N–H and O–H groups in total. The van der Waals surface area contributed by atoms with Crippen LogP contribution in [0, 0.1) is 5.92 Å². The van der Waals surface area contributed by atoms with Crippen LogP contribution in [0.5, 0.6) is 17.2 Å². The van der Waals surface area contributed by atoms with Gasteiger partial charge in [0.15, 0.2) is 0 Å². The molecule has 0 spiro atoms. The zero-order chi connectivity index (χ0) is 19.4. The highest BCUT2D eigenvalue weighted by Gasteiger charge is 2.35. The average molecular weight is 370 g/mol. The SMILES string of the molecule is COc1ccc(N2CC(C(=O)Nc3ccc(OC)cc3OC)CC2=O)cc1. The maximum absolute atomic E-state index is 12.7. The Morgan fingerprint density at radius 2 is 1.67 bits per heavy atom. The topological polar surface area (TPSA) is 77.1 Å². The van der Waals surface area contributed by atoms with Crippen molar-refractivity contribution in [3.8, 4) is 17.2 Å². The predicted molar refractivity (Wildman–Crippen MR) is 102 cm³/mol. The molecule has 2 aromatic rings. The summed E-state index contributed by atoms with van der Waals surface area (Å²) in [5, 5.41) is 2.85. The Morgan fingerprint density at radius 1 is 1.00 bits per heavy atom. The largest absolute Gasteiger partial charge is 0.497 e. The second-order valence-corrected chi connectivity index (χ2v) is 6.16. The minimum Gasteiger partial charge on any atom is -0.497 e. The van der Waals surface area contributed by atoms with E-state index in [4.69, 9.17) is 14.2 Å². The van der Waals surface area contributed by atoms with E-state index in [1.54, 1.807) is 49.5 Å². The van der Waals surface area contributed by atoms with Crippen molar-refractivity contribution in [3.05, 3.63) is 42.5 Å². The van der Waals surface area contributed by atoms with E-state index < -0.39 is 5.92 Å². The number of hydrogen-bond acceptors (Lipinski definition) is 5. The summed E-state index contributed by atoms with van der Waals surface area (Å²) < 4.78 is 15.6. The highest BCUT2D eigenvalue weighted by atomic mass is 16.5. The van der Waals surface area contributed by atoms with Crippen molar-refractivity contribution in [2.24, 2.45) is 5.92 Å². The van der Waals surface area contributed by atoms with Gasteiger partial charge in [-0.3, -0.25) is 9.59 Å². The number of hydrogen-bond donors (Lipinski definition) is 1. The van der Waals surface area contributed by atoms with Gasteiger partial charge in [-0.2, -0.15) is 0 Å². The van der Waals surface area contributed by atoms with E-state index in [1.165, 1.54) is 7.11 Å². The third-order valence-electron chi connectivity index (χ3n) is 4.55. The van der Waals surface area contributed by atoms with Crippen molar-refractivity contribution >= 4 is 23.2 Å². The normalized spacial score (nSPS) is 16.2. The summed E-state index contributed by atoms with van der Waals surface area (Å²) in [5.41, 5.74) is 1.29. The van der Waals surface area contributed by atoms with Crippen LogP contribution in [0.1, 0.15) is 6.42 Å². The van der Waals surface area contributed by atoms with Crippen LogP contribution in [0.25, 0.3) is 0 Å². The number of ether oxygens (including phenoxy) is 3. The Balaban J connectivity index is 1.70. The highest BCUT2D eigenvalue weighted by Crippen LogP contribution is 2.31. The summed E-state index contributed by atoms with van der Waals surface area (Å²) in [7, 11) is 4.67. The van der Waals surface area contributed by atoms with Gasteiger partial charge in [-0.1, -0.05) is 0 Å². The first-order chi connectivity index (χ1) is 13.0. The molecule has 1 aliphatic rings. The number of nitrogens with one attached hydrogen (secondary N) is 1. The monoisotopic (exact) mass is 370 g/mol. The van der Waals surface area contributed by atoms with Gasteiger partial charge in [-0.05, 0) is 36.4 Å². The number of anilines is 2. The second-order valence-electron chi connectivity index (χ2n) is 6.16. The molecule has 0 radical (unpaired) electrons. The van der Waals surface area contributed by atoms with Crippen LogP contribution in [0.2, 0.25) is 0 Å². The van der Waals surface area contributed by atoms with E-state index in [1.807, 2.05) is 12.1 Å². The molecule has 1 unspecified atom stereocenters. The third kappa shape index (κ3) is 3.97. The van der Waals surface area contributed by atoms with Crippen LogP contribution >= 0.6 is 0 Å². The van der Waals surface area contributed by atoms with Crippen LogP contribution in [0.15, 0.2) is 42.5 Å². The number of nitrogens with zero attached hydrogens (tertiary/aromatic N) is 1. The summed E-state index contributed by atoms with van der Waals surface area (Å²) in [4.78, 5) is 26.7. The summed E-state index contributed by atoms with van der Waals surface area (Å²) >= 11 is 0. The number of carbonyl (C=O) groups excluding carboxylic acids is 2. The third-order valence-corrected chi connectivity index (χ3v) is 4.55. The molecular weight excluding hydrogens is 348 g/mol. The summed E-state index contributed by atoms with van der Waals surface area (Å²) in [6.07, 6.45) is 0.163. The summed E-state index contributed by atoms with van der Waals surface area (Å²) in [6, 6.07) is 12.3. The van der Waals surface area contributed by atoms with E-state index in [-0.39, 0.29) is 18.2 Å². The molecular formula is C20H22N2O5. The lowest BCUT2D eigenvalue weighted by Crippen LogP contribution is -2.28. The van der Waals surface area contributed by atoms with Crippen molar-refractivity contribution in [1.29, 1.82) is 0 Å². The zero-order valence-corrected chi connectivity index (χ0v) is 15.5. The van der Waals surface area contributed by atoms with Gasteiger partial charge in [0.1, 0.15) is 17.2 Å². The van der Waals surface area contributed by atoms with Crippen molar-refractivity contribution in [1.82, 2.24) is 0 Å². The zero-order valence-electron chi connectivity index (χ0n) is 15.5. The van der Waals surface area contributed by atoms with Crippen LogP contribution in [-0.2, 0) is 9.59 Å². The first-order valence-corrected chi connectivity index (χ1v) is 8.53. The fraction of sp³-hybridized carbons (Fsp3) is 0.300. The number of rotatable bonds is 6. The van der Waals surface area contributed by atoms with Gasteiger partial charge in [0, 0.05) is 24.7 Å². The number of carbonyl (C=O) groups is 2. The molecule has 2 aromatic carbocycles. The van der Waals surface area contributed by atoms with Crippen molar-refractivity contribution in [2.75, 3.05) is 38.1 Å². The highest BCUT2D eigenvalue weighted by molar-refractivity contribution is 6.04. The molecule has 0 bridgehead atoms. The molecule has 27 heavy (non-hydrogen) atoms. The number of benzene rings is 2. The standard InChI is InChI=1S/C20H22N2O5/c1-25-15-6-4-14(5-7-15)22-12-13(10-19(22)23)20(24)21-17-9-8-16(26-2)11-18(17)27-3/h4-9,11,13H,10,12H2,1-3H3,(H,21,24). The Morgan fingerprint density at radius 3 is 2.30 bits per heavy atom. The maximum Gasteiger partial charge on any atom is 0.229 e. The van der Waals surface area contributed by atoms with Gasteiger partial charge in [0.25, 0.3) is 0 Å². The Bertz CT molecular complexity index is 835. The lowest BCUT2D eigenvalue weighted by atomic mass is 10.1. The molecule has 2 amide bonds. The van der Waals surface area contributed by atoms with E-state index in [0.717, 1.165) is 5.69 Å². The molecule has 1 atom stereocenters. The van der Waals surface area contributed by atoms with Gasteiger partial charge < -0.3 is 24.4 Å². The Kier molecular flexibility index (Phi) is 5.49. The fourth-order valence-electron chi connectivity index (χ4n) is 3.03. The molecule has 3 rings (SSSR count). The molecule has 1 aliphatic heterocycles. The quantitative estimate of drug-likeness (QED) is 0.846. The van der Waals surface area contributed by atoms with Crippen molar-refractivity contribution < 1.29 is 23.8 Å². The minimum atomic E-state index is -0.439. The number of methoxy groups -OCH3 is 3. The smallest absolute Gasteiger partial charge is 0.229 e. The molecule has 142 valence electrons. The number of amides is 2. The predicted octanol–water partition coefficient (Wildman–Crippen LogP) is 2.70. The second kappa shape index (κ2) is 7.99. The molecule has 7 nitrogen and oxygen atoms in total. The van der Waals surface area contributed by atoms with E-state index in [9.17, 15) is 9.59 Å². The average Bonchev–Trinajstić information content (AvgIpc) is 3.10. The van der Waals surface area contributed by atoms with Crippen molar-refractivity contribution in [2.45, 2.75) is 6.42 Å². The molecule has 1 heterocycles. The minimum absolute atomic E-state index is 0.0815. The molecule has 0 aliphatic carbocycles. The molecule has 1 saturated heterocycles. The fourth-order valence-corrected chi connectivity index (χ4v) is 3.03. The van der Waals surface area contributed by atoms with Crippen LogP contribution in [0.3, 0.4) is 0 Å². The van der Waals surface area contributed by atoms with Gasteiger partial charge in [0.05, 0.1) is 32.9 Å². The van der Waals surface area contributed by atoms with Crippen molar-refractivity contribution in [3.63, 3.8) is 0 Å². The summed E-state index contributed by atoms with van der Waals surface area (Å²) in [6.45, 7) is 0.329. The van der Waals surface area contributed by atoms with E-state index in [0.29, 0.717) is 29.5 Å². The summed E-state index contributed by atoms with van der Waals surface area (Å²) in [5.74, 6) is 1.10. The van der Waals surface area contributed by atoms with Gasteiger partial charge >= 0.3 is 0 Å². The van der Waals surface area contributed by atoms with Crippen LogP contribution < -0.4 is 24.4 Å². The van der Waals surface area contributed by atoms with E-state index >= 15 is 0 Å². The molecule has 0 saturated carbocycles. The lowest BCUT2D eigenvalue weighted by Gasteiger charge is -2.17. The van der Waals surface area contributed by atoms with Crippen LogP contribution in [-0.4, -0.2) is 39.7 Å². The van der Waals surface area contributed by atoms with Gasteiger partial charge in [-0.15, -0.1) is 0 Å². The molecule has 1 fully saturated rings. The van der Waals surface area contributed by atoms with Gasteiger partial charge in [0.2, 0.25) is 11.8 Å². The lowest BCUT2D eigenvalue weighted by molar-refractivity contribution is -0.122. The first kappa shape index (κ1) is 18.6. The maximum atomic E-state index is 12.7. The molecule has 7 heteroatoms. The van der Waals surface area contributed by atoms with E-state index in [2.05, 4.69) is 5.32 Å².